The molecular formula is C31H44N2O7S. The highest BCUT2D eigenvalue weighted by Gasteiger charge is 2.36. The topological polar surface area (TPSA) is 125 Å². The maximum absolute atomic E-state index is 14.2. The zero-order valence-corrected chi connectivity index (χ0v) is 25.1. The van der Waals surface area contributed by atoms with E-state index in [1.807, 2.05) is 50.3 Å². The minimum atomic E-state index is -4.22. The minimum absolute atomic E-state index is 0.0499. The number of sulfonamides is 1. The van der Waals surface area contributed by atoms with Gasteiger partial charge in [0.2, 0.25) is 10.0 Å². The van der Waals surface area contributed by atoms with Crippen molar-refractivity contribution in [3.05, 3.63) is 79.4 Å². The predicted molar refractivity (Wildman–Crippen MR) is 161 cm³/mol. The lowest BCUT2D eigenvalue weighted by Crippen LogP contribution is -2.51. The van der Waals surface area contributed by atoms with Crippen molar-refractivity contribution in [2.45, 2.75) is 63.0 Å². The van der Waals surface area contributed by atoms with Crippen LogP contribution in [0.1, 0.15) is 45.1 Å². The number of carbonyl (C=O) groups is 1. The van der Waals surface area contributed by atoms with Gasteiger partial charge in [-0.25, -0.2) is 13.2 Å². The van der Waals surface area contributed by atoms with E-state index in [-0.39, 0.29) is 30.2 Å². The molecule has 0 unspecified atom stereocenters. The van der Waals surface area contributed by atoms with Crippen molar-refractivity contribution in [3.8, 4) is 11.5 Å². The van der Waals surface area contributed by atoms with E-state index < -0.39 is 33.7 Å². The van der Waals surface area contributed by atoms with Crippen LogP contribution in [0.3, 0.4) is 0 Å². The van der Waals surface area contributed by atoms with Crippen LogP contribution in [-0.2, 0) is 16.4 Å². The zero-order chi connectivity index (χ0) is 30.5. The Balaban J connectivity index is 2.47. The van der Waals surface area contributed by atoms with Crippen molar-refractivity contribution in [1.82, 2.24) is 9.62 Å². The first-order chi connectivity index (χ1) is 19.4. The number of nitrogens with zero attached hydrogens (tertiary/aromatic N) is 1. The van der Waals surface area contributed by atoms with Gasteiger partial charge in [-0.1, -0.05) is 56.3 Å². The van der Waals surface area contributed by atoms with Gasteiger partial charge in [-0.2, -0.15) is 4.31 Å². The summed E-state index contributed by atoms with van der Waals surface area (Å²) in [5.41, 5.74) is 0.274. The van der Waals surface area contributed by atoms with E-state index in [4.69, 9.17) is 9.47 Å². The molecule has 2 aromatic rings. The highest BCUT2D eigenvalue weighted by molar-refractivity contribution is 7.89. The molecule has 1 amide bonds. The number of aliphatic hydroxyl groups is 1. The van der Waals surface area contributed by atoms with Gasteiger partial charge in [-0.15, -0.1) is 13.2 Å². The van der Waals surface area contributed by atoms with Gasteiger partial charge in [-0.3, -0.25) is 0 Å². The summed E-state index contributed by atoms with van der Waals surface area (Å²) in [6, 6.07) is 12.7. The monoisotopic (exact) mass is 588 g/mol. The van der Waals surface area contributed by atoms with Gasteiger partial charge >= 0.3 is 6.09 Å². The molecule has 0 aromatic heterocycles. The molecule has 2 rings (SSSR count). The highest BCUT2D eigenvalue weighted by Crippen LogP contribution is 2.34. The number of hydrogen-bond donors (Lipinski definition) is 3. The fourth-order valence-corrected chi connectivity index (χ4v) is 6.24. The fraction of sp³-hybridized carbons (Fsp3) is 0.452. The van der Waals surface area contributed by atoms with Gasteiger partial charge in [0.05, 0.1) is 25.9 Å². The quantitative estimate of drug-likeness (QED) is 0.151. The number of ether oxygens (including phenoxy) is 2. The molecule has 0 aliphatic carbocycles. The first kappa shape index (κ1) is 33.9. The number of benzene rings is 2. The van der Waals surface area contributed by atoms with E-state index in [0.717, 1.165) is 18.4 Å². The third kappa shape index (κ3) is 10.9. The summed E-state index contributed by atoms with van der Waals surface area (Å²) in [6.45, 7) is 11.3. The molecule has 0 aliphatic rings. The molecule has 0 saturated heterocycles. The van der Waals surface area contributed by atoms with Gasteiger partial charge in [0.1, 0.15) is 16.4 Å². The average Bonchev–Trinajstić information content (AvgIpc) is 2.92. The van der Waals surface area contributed by atoms with E-state index >= 15 is 0 Å². The van der Waals surface area contributed by atoms with Gasteiger partial charge in [0.15, 0.2) is 0 Å². The molecule has 0 radical (unpaired) electrons. The number of aliphatic hydroxyl groups excluding tert-OH is 1. The standard InChI is InChI=1S/C31H44N2O7S/c1-6-8-9-13-19-40-28-21-25(39-5)16-17-29(28)41(37,38)33(23-31(3,4)18-7-2)22-27(34)26(32-30(35)36)20-24-14-11-10-12-15-24/h6-7,10-12,14-17,21,26-27,32,34H,1-2,8-9,13,18-20,22-23H2,3-5H3,(H,35,36)/t26-,27-/m0/s1. The number of hydrogen-bond acceptors (Lipinski definition) is 6. The first-order valence-electron chi connectivity index (χ1n) is 13.7. The Morgan fingerprint density at radius 1 is 1.12 bits per heavy atom. The molecule has 41 heavy (non-hydrogen) atoms. The Bertz CT molecular complexity index is 1230. The van der Waals surface area contributed by atoms with Crippen molar-refractivity contribution in [1.29, 1.82) is 0 Å². The Morgan fingerprint density at radius 3 is 2.44 bits per heavy atom. The van der Waals surface area contributed by atoms with Crippen molar-refractivity contribution < 1.29 is 32.9 Å². The molecule has 2 aromatic carbocycles. The second-order valence-corrected chi connectivity index (χ2v) is 12.6. The second kappa shape index (κ2) is 16.2. The average molecular weight is 589 g/mol. The fourth-order valence-electron chi connectivity index (χ4n) is 4.48. The Labute approximate surface area is 244 Å². The normalized spacial score (nSPS) is 13.3. The molecule has 0 heterocycles. The molecule has 226 valence electrons. The van der Waals surface area contributed by atoms with Crippen LogP contribution in [-0.4, -0.2) is 68.0 Å². The minimum Gasteiger partial charge on any atom is -0.497 e. The highest BCUT2D eigenvalue weighted by atomic mass is 32.2. The zero-order valence-electron chi connectivity index (χ0n) is 24.3. The van der Waals surface area contributed by atoms with Crippen LogP contribution in [0.2, 0.25) is 0 Å². The van der Waals surface area contributed by atoms with Crippen LogP contribution in [0.5, 0.6) is 11.5 Å². The summed E-state index contributed by atoms with van der Waals surface area (Å²) in [6.07, 6.45) is 3.96. The molecule has 0 fully saturated rings. The van der Waals surface area contributed by atoms with E-state index in [2.05, 4.69) is 18.5 Å². The molecule has 0 bridgehead atoms. The summed E-state index contributed by atoms with van der Waals surface area (Å²) >= 11 is 0. The van der Waals surface area contributed by atoms with E-state index in [9.17, 15) is 23.4 Å². The summed E-state index contributed by atoms with van der Waals surface area (Å²) in [4.78, 5) is 11.5. The predicted octanol–water partition coefficient (Wildman–Crippen LogP) is 5.26. The summed E-state index contributed by atoms with van der Waals surface area (Å²) < 4.78 is 40.9. The smallest absolute Gasteiger partial charge is 0.404 e. The first-order valence-corrected chi connectivity index (χ1v) is 15.1. The van der Waals surface area contributed by atoms with Crippen molar-refractivity contribution in [2.24, 2.45) is 5.41 Å². The molecule has 0 aliphatic heterocycles. The number of rotatable bonds is 19. The molecule has 2 atom stereocenters. The molecular weight excluding hydrogens is 544 g/mol. The lowest BCUT2D eigenvalue weighted by molar-refractivity contribution is 0.0918. The van der Waals surface area contributed by atoms with Crippen molar-refractivity contribution in [3.63, 3.8) is 0 Å². The molecule has 3 N–H and O–H groups in total. The number of unbranched alkanes of at least 4 members (excludes halogenated alkanes) is 2. The second-order valence-electron chi connectivity index (χ2n) is 10.7. The Morgan fingerprint density at radius 2 is 1.83 bits per heavy atom. The van der Waals surface area contributed by atoms with Gasteiger partial charge in [0, 0.05) is 19.2 Å². The van der Waals surface area contributed by atoms with Crippen molar-refractivity contribution >= 4 is 16.1 Å². The number of nitrogens with one attached hydrogen (secondary N) is 1. The third-order valence-corrected chi connectivity index (χ3v) is 8.44. The van der Waals surface area contributed by atoms with Crippen LogP contribution in [0.15, 0.2) is 78.7 Å². The van der Waals surface area contributed by atoms with Crippen LogP contribution in [0.4, 0.5) is 4.79 Å². The van der Waals surface area contributed by atoms with Crippen LogP contribution < -0.4 is 14.8 Å². The lowest BCUT2D eigenvalue weighted by atomic mass is 9.89. The Hall–Kier alpha value is -3.34. The van der Waals surface area contributed by atoms with Gasteiger partial charge < -0.3 is 25.0 Å². The summed E-state index contributed by atoms with van der Waals surface area (Å²) in [7, 11) is -2.73. The number of amides is 1. The SMILES string of the molecule is C=CCCCCOc1cc(OC)ccc1S(=O)(=O)N(C[C@H](O)[C@H](Cc1ccccc1)NC(=O)O)CC(C)(C)CC=C. The largest absolute Gasteiger partial charge is 0.497 e. The molecule has 10 heteroatoms. The van der Waals surface area contributed by atoms with Crippen LogP contribution in [0.25, 0.3) is 0 Å². The summed E-state index contributed by atoms with van der Waals surface area (Å²) in [5, 5.41) is 23.1. The van der Waals surface area contributed by atoms with Gasteiger partial charge in [-0.05, 0) is 55.2 Å². The van der Waals surface area contributed by atoms with E-state index in [1.54, 1.807) is 12.1 Å². The van der Waals surface area contributed by atoms with Crippen LogP contribution in [0, 0.1) is 5.41 Å². The van der Waals surface area contributed by atoms with Crippen molar-refractivity contribution in [2.75, 3.05) is 26.8 Å². The number of methoxy groups -OCH3 is 1. The van der Waals surface area contributed by atoms with Gasteiger partial charge in [0.25, 0.3) is 0 Å². The summed E-state index contributed by atoms with van der Waals surface area (Å²) in [5.74, 6) is 0.589. The molecule has 0 saturated carbocycles. The van der Waals surface area contributed by atoms with E-state index in [0.29, 0.717) is 25.2 Å². The number of carboxylic acid groups (broad SMARTS) is 1. The maximum atomic E-state index is 14.2. The third-order valence-electron chi connectivity index (χ3n) is 6.59. The molecule has 0 spiro atoms. The number of allylic oxidation sites excluding steroid dienone is 2. The maximum Gasteiger partial charge on any atom is 0.404 e. The molecule has 9 nitrogen and oxygen atoms in total. The lowest BCUT2D eigenvalue weighted by Gasteiger charge is -2.34. The van der Waals surface area contributed by atoms with E-state index in [1.165, 1.54) is 23.5 Å². The van der Waals surface area contributed by atoms with Crippen LogP contribution >= 0.6 is 0 Å². The Kier molecular flexibility index (Phi) is 13.4.